The minimum absolute atomic E-state index is 0.121. The Hall–Kier alpha value is -4.94. The number of alkyl carbamates (subject to hydrolysis) is 1. The molecule has 0 bridgehead atoms. The van der Waals surface area contributed by atoms with Gasteiger partial charge in [-0.05, 0) is 63.1 Å². The average Bonchev–Trinajstić information content (AvgIpc) is 3.51. The zero-order valence-corrected chi connectivity index (χ0v) is 22.4. The van der Waals surface area contributed by atoms with Crippen LogP contribution in [0.5, 0.6) is 5.75 Å². The van der Waals surface area contributed by atoms with Gasteiger partial charge >= 0.3 is 6.09 Å². The van der Waals surface area contributed by atoms with E-state index >= 15 is 0 Å². The molecule has 208 valence electrons. The van der Waals surface area contributed by atoms with Crippen LogP contribution in [0.3, 0.4) is 0 Å². The van der Waals surface area contributed by atoms with Crippen LogP contribution in [0.4, 0.5) is 10.7 Å². The Balaban J connectivity index is 1.41. The highest BCUT2D eigenvalue weighted by atomic mass is 16.5. The fourth-order valence-electron chi connectivity index (χ4n) is 4.76. The van der Waals surface area contributed by atoms with Crippen LogP contribution in [0.1, 0.15) is 52.4 Å². The van der Waals surface area contributed by atoms with Crippen LogP contribution in [0, 0.1) is 6.92 Å². The van der Waals surface area contributed by atoms with E-state index in [9.17, 15) is 14.4 Å². The molecule has 0 saturated carbocycles. The van der Waals surface area contributed by atoms with Gasteiger partial charge in [-0.3, -0.25) is 29.1 Å². The van der Waals surface area contributed by atoms with Crippen molar-refractivity contribution in [2.45, 2.75) is 45.9 Å². The van der Waals surface area contributed by atoms with Gasteiger partial charge in [0.1, 0.15) is 30.2 Å². The molecule has 13 nitrogen and oxygen atoms in total. The van der Waals surface area contributed by atoms with Gasteiger partial charge in [-0.2, -0.15) is 5.10 Å². The molecular formula is C27H30N8O5. The van der Waals surface area contributed by atoms with Crippen LogP contribution in [0.25, 0.3) is 11.0 Å². The Morgan fingerprint density at radius 1 is 1.20 bits per heavy atom. The van der Waals surface area contributed by atoms with Crippen LogP contribution in [-0.4, -0.2) is 55.4 Å². The Kier molecular flexibility index (Phi) is 7.11. The number of pyridine rings is 1. The van der Waals surface area contributed by atoms with E-state index in [4.69, 9.17) is 15.2 Å². The number of ether oxygens (including phenoxy) is 2. The first-order valence-corrected chi connectivity index (χ1v) is 12.8. The van der Waals surface area contributed by atoms with Gasteiger partial charge in [0, 0.05) is 31.0 Å². The first-order chi connectivity index (χ1) is 19.2. The third-order valence-corrected chi connectivity index (χ3v) is 6.79. The SMILES string of the molecule is CCn1nc(C)cc1C(=O)Nc1nc2cc(C(N)=O)cc3c2n1[C@@](C)(CCNC(=O)OCc1ccncc1)CO3. The van der Waals surface area contributed by atoms with E-state index < -0.39 is 17.5 Å². The van der Waals surface area contributed by atoms with Crippen molar-refractivity contribution in [2.24, 2.45) is 5.73 Å². The lowest BCUT2D eigenvalue weighted by molar-refractivity contribution is 0.0995. The second-order valence-corrected chi connectivity index (χ2v) is 9.81. The maximum Gasteiger partial charge on any atom is 0.407 e. The lowest BCUT2D eigenvalue weighted by Crippen LogP contribution is -2.43. The van der Waals surface area contributed by atoms with E-state index in [-0.39, 0.29) is 37.2 Å². The number of nitrogens with zero attached hydrogens (tertiary/aromatic N) is 5. The molecule has 0 spiro atoms. The van der Waals surface area contributed by atoms with Gasteiger partial charge in [-0.15, -0.1) is 0 Å². The molecule has 1 aliphatic rings. The fraction of sp³-hybridized carbons (Fsp3) is 0.333. The summed E-state index contributed by atoms with van der Waals surface area (Å²) in [5, 5.41) is 10.1. The largest absolute Gasteiger partial charge is 0.489 e. The number of rotatable bonds is 9. The van der Waals surface area contributed by atoms with E-state index in [0.29, 0.717) is 35.4 Å². The van der Waals surface area contributed by atoms with Crippen LogP contribution >= 0.6 is 0 Å². The van der Waals surface area contributed by atoms with Crippen molar-refractivity contribution in [3.8, 4) is 5.75 Å². The smallest absolute Gasteiger partial charge is 0.407 e. The number of hydrogen-bond donors (Lipinski definition) is 3. The Morgan fingerprint density at radius 3 is 2.70 bits per heavy atom. The highest BCUT2D eigenvalue weighted by molar-refractivity contribution is 6.04. The lowest BCUT2D eigenvalue weighted by atomic mass is 9.96. The minimum Gasteiger partial charge on any atom is -0.489 e. The number of aromatic nitrogens is 5. The minimum atomic E-state index is -0.724. The van der Waals surface area contributed by atoms with Crippen molar-refractivity contribution < 1.29 is 23.9 Å². The van der Waals surface area contributed by atoms with Crippen LogP contribution in [0.15, 0.2) is 42.7 Å². The number of amides is 3. The summed E-state index contributed by atoms with van der Waals surface area (Å²) in [7, 11) is 0. The molecule has 0 radical (unpaired) electrons. The van der Waals surface area contributed by atoms with Crippen molar-refractivity contribution >= 4 is 34.9 Å². The van der Waals surface area contributed by atoms with Gasteiger partial charge in [0.25, 0.3) is 5.91 Å². The van der Waals surface area contributed by atoms with Gasteiger partial charge in [-0.25, -0.2) is 9.78 Å². The Labute approximate surface area is 229 Å². The summed E-state index contributed by atoms with van der Waals surface area (Å²) in [6.07, 6.45) is 3.12. The predicted molar refractivity (Wildman–Crippen MR) is 145 cm³/mol. The molecule has 3 amide bonds. The quantitative estimate of drug-likeness (QED) is 0.288. The lowest BCUT2D eigenvalue weighted by Gasteiger charge is -2.37. The molecule has 4 heterocycles. The summed E-state index contributed by atoms with van der Waals surface area (Å²) in [6, 6.07) is 8.38. The Bertz CT molecular complexity index is 1600. The predicted octanol–water partition coefficient (Wildman–Crippen LogP) is 2.73. The van der Waals surface area contributed by atoms with Crippen LogP contribution in [0.2, 0.25) is 0 Å². The third-order valence-electron chi connectivity index (χ3n) is 6.79. The molecule has 0 saturated heterocycles. The zero-order valence-electron chi connectivity index (χ0n) is 22.4. The fourth-order valence-corrected chi connectivity index (χ4v) is 4.76. The topological polar surface area (TPSA) is 168 Å². The number of benzene rings is 1. The first-order valence-electron chi connectivity index (χ1n) is 12.8. The highest BCUT2D eigenvalue weighted by Crippen LogP contribution is 2.41. The number of nitrogens with two attached hydrogens (primary N) is 1. The second-order valence-electron chi connectivity index (χ2n) is 9.81. The highest BCUT2D eigenvalue weighted by Gasteiger charge is 2.38. The second kappa shape index (κ2) is 10.7. The summed E-state index contributed by atoms with van der Waals surface area (Å²) >= 11 is 0. The molecule has 0 fully saturated rings. The summed E-state index contributed by atoms with van der Waals surface area (Å²) in [5.41, 5.74) is 8.03. The van der Waals surface area contributed by atoms with Gasteiger partial charge in [0.05, 0.1) is 16.7 Å². The number of aryl methyl sites for hydroxylation is 2. The van der Waals surface area contributed by atoms with Crippen molar-refractivity contribution in [3.63, 3.8) is 0 Å². The molecule has 40 heavy (non-hydrogen) atoms. The summed E-state index contributed by atoms with van der Waals surface area (Å²) in [5.74, 6) is -0.296. The van der Waals surface area contributed by atoms with Gasteiger partial charge in [0.2, 0.25) is 11.9 Å². The van der Waals surface area contributed by atoms with Gasteiger partial charge in [-0.1, -0.05) is 0 Å². The van der Waals surface area contributed by atoms with E-state index in [2.05, 4.69) is 25.7 Å². The Morgan fingerprint density at radius 2 is 1.98 bits per heavy atom. The summed E-state index contributed by atoms with van der Waals surface area (Å²) in [4.78, 5) is 46.2. The molecule has 13 heteroatoms. The number of carbonyl (C=O) groups is 3. The monoisotopic (exact) mass is 546 g/mol. The normalized spacial score (nSPS) is 15.9. The zero-order chi connectivity index (χ0) is 28.4. The molecular weight excluding hydrogens is 516 g/mol. The van der Waals surface area contributed by atoms with Gasteiger partial charge < -0.3 is 20.5 Å². The summed E-state index contributed by atoms with van der Waals surface area (Å²) < 4.78 is 14.9. The number of nitrogens with one attached hydrogen (secondary N) is 2. The molecule has 0 aliphatic carbocycles. The first kappa shape index (κ1) is 26.7. The van der Waals surface area contributed by atoms with E-state index in [1.54, 1.807) is 47.4 Å². The number of imidazole rings is 1. The van der Waals surface area contributed by atoms with Crippen LogP contribution < -0.4 is 21.1 Å². The molecule has 5 rings (SSSR count). The number of anilines is 1. The molecule has 4 N–H and O–H groups in total. The van der Waals surface area contributed by atoms with Gasteiger partial charge in [0.15, 0.2) is 0 Å². The molecule has 3 aromatic heterocycles. The van der Waals surface area contributed by atoms with E-state index in [0.717, 1.165) is 11.3 Å². The molecule has 0 unspecified atom stereocenters. The standard InChI is InChI=1S/C27H30N8O5/c1-4-34-20(11-16(2)33-34)24(37)32-25-31-19-12-18(23(28)36)13-21-22(19)35(25)27(3,15-40-21)7-10-30-26(38)39-14-17-5-8-29-9-6-17/h5-6,8-9,11-13H,4,7,10,14-15H2,1-3H3,(H2,28,36)(H,30,38)(H,31,32,37)/t27-/m0/s1. The molecule has 1 atom stereocenters. The summed E-state index contributed by atoms with van der Waals surface area (Å²) in [6.45, 7) is 6.76. The van der Waals surface area contributed by atoms with Crippen molar-refractivity contribution in [3.05, 3.63) is 65.2 Å². The van der Waals surface area contributed by atoms with Crippen molar-refractivity contribution in [1.82, 2.24) is 29.6 Å². The van der Waals surface area contributed by atoms with E-state index in [1.165, 1.54) is 0 Å². The van der Waals surface area contributed by atoms with Crippen molar-refractivity contribution in [2.75, 3.05) is 18.5 Å². The molecule has 1 aliphatic heterocycles. The third kappa shape index (κ3) is 5.17. The number of hydrogen-bond acceptors (Lipinski definition) is 8. The molecule has 1 aromatic carbocycles. The maximum absolute atomic E-state index is 13.3. The average molecular weight is 547 g/mol. The number of carbonyl (C=O) groups excluding carboxylic acids is 3. The molecule has 4 aromatic rings. The number of primary amides is 1. The van der Waals surface area contributed by atoms with E-state index in [1.807, 2.05) is 25.3 Å². The maximum atomic E-state index is 13.3. The van der Waals surface area contributed by atoms with Crippen molar-refractivity contribution in [1.29, 1.82) is 0 Å². The van der Waals surface area contributed by atoms with Crippen LogP contribution in [-0.2, 0) is 23.4 Å².